The van der Waals surface area contributed by atoms with Crippen LogP contribution in [0.4, 0.5) is 5.69 Å². The molecule has 3 nitrogen and oxygen atoms in total. The van der Waals surface area contributed by atoms with Gasteiger partial charge in [0.05, 0.1) is 6.42 Å². The first-order valence-electron chi connectivity index (χ1n) is 5.52. The maximum absolute atomic E-state index is 11.4. The Hall–Kier alpha value is -1.38. The van der Waals surface area contributed by atoms with Gasteiger partial charge in [0.25, 0.3) is 0 Å². The second kappa shape index (κ2) is 5.49. The van der Waals surface area contributed by atoms with Crippen LogP contribution in [0.25, 0.3) is 0 Å². The van der Waals surface area contributed by atoms with Crippen molar-refractivity contribution in [2.24, 2.45) is 0 Å². The molecule has 1 aromatic heterocycles. The third-order valence-corrected chi connectivity index (χ3v) is 2.53. The molecule has 1 aromatic rings. The van der Waals surface area contributed by atoms with E-state index in [1.165, 1.54) is 5.69 Å². The smallest absolute Gasteiger partial charge is 0.372 e. The predicted molar refractivity (Wildman–Crippen MR) is 61.1 cm³/mol. The summed E-state index contributed by atoms with van der Waals surface area (Å²) in [7, 11) is 0. The zero-order valence-corrected chi connectivity index (χ0v) is 9.73. The summed E-state index contributed by atoms with van der Waals surface area (Å²) in [5, 5.41) is 0. The van der Waals surface area contributed by atoms with Crippen LogP contribution in [0.5, 0.6) is 0 Å². The minimum atomic E-state index is 0.126. The summed E-state index contributed by atoms with van der Waals surface area (Å²) in [6.07, 6.45) is 4.20. The number of carbonyl (C=O) groups is 1. The molecule has 0 saturated carbocycles. The van der Waals surface area contributed by atoms with Crippen LogP contribution in [0.3, 0.4) is 0 Å². The second-order valence-corrected chi connectivity index (χ2v) is 3.38. The largest absolute Gasteiger partial charge is 0.391 e. The molecule has 1 rings (SSSR count). The Kier molecular flexibility index (Phi) is 4.28. The Balaban J connectivity index is 2.84. The van der Waals surface area contributed by atoms with E-state index in [4.69, 9.17) is 0 Å². The lowest BCUT2D eigenvalue weighted by Gasteiger charge is -2.19. The van der Waals surface area contributed by atoms with Crippen molar-refractivity contribution in [2.75, 3.05) is 18.0 Å². The van der Waals surface area contributed by atoms with Crippen molar-refractivity contribution in [1.29, 1.82) is 0 Å². The maximum atomic E-state index is 11.4. The van der Waals surface area contributed by atoms with Crippen molar-refractivity contribution in [3.8, 4) is 0 Å². The molecule has 0 radical (unpaired) electrons. The number of hydrogen-bond donors (Lipinski definition) is 0. The van der Waals surface area contributed by atoms with E-state index < -0.39 is 0 Å². The van der Waals surface area contributed by atoms with Crippen molar-refractivity contribution < 1.29 is 9.36 Å². The number of pyridine rings is 1. The number of hydrogen-bond acceptors (Lipinski definition) is 2. The number of nitrogens with zero attached hydrogens (tertiary/aromatic N) is 2. The molecular formula is C12H19N2O+. The fourth-order valence-electron chi connectivity index (χ4n) is 1.57. The van der Waals surface area contributed by atoms with Crippen molar-refractivity contribution in [3.05, 3.63) is 24.5 Å². The van der Waals surface area contributed by atoms with Gasteiger partial charge in [0.1, 0.15) is 0 Å². The summed E-state index contributed by atoms with van der Waals surface area (Å²) >= 11 is 0. The Labute approximate surface area is 91.3 Å². The van der Waals surface area contributed by atoms with E-state index in [2.05, 4.69) is 18.7 Å². The van der Waals surface area contributed by atoms with Gasteiger partial charge >= 0.3 is 5.91 Å². The summed E-state index contributed by atoms with van der Waals surface area (Å²) < 4.78 is 1.63. The van der Waals surface area contributed by atoms with Gasteiger partial charge in [0.15, 0.2) is 12.4 Å². The number of carbonyl (C=O) groups excluding carboxylic acids is 1. The van der Waals surface area contributed by atoms with E-state index in [0.717, 1.165) is 13.1 Å². The van der Waals surface area contributed by atoms with E-state index in [-0.39, 0.29) is 5.91 Å². The van der Waals surface area contributed by atoms with Gasteiger partial charge < -0.3 is 4.90 Å². The Morgan fingerprint density at radius 1 is 1.20 bits per heavy atom. The minimum absolute atomic E-state index is 0.126. The Bertz CT molecular complexity index is 315. The molecule has 3 heteroatoms. The molecular weight excluding hydrogens is 188 g/mol. The van der Waals surface area contributed by atoms with E-state index in [1.807, 2.05) is 31.5 Å². The van der Waals surface area contributed by atoms with Gasteiger partial charge in [-0.05, 0) is 13.8 Å². The molecule has 0 aliphatic carbocycles. The highest BCUT2D eigenvalue weighted by Gasteiger charge is 2.11. The number of anilines is 1. The minimum Gasteiger partial charge on any atom is -0.372 e. The van der Waals surface area contributed by atoms with Crippen LogP contribution < -0.4 is 9.47 Å². The first kappa shape index (κ1) is 11.7. The standard InChI is InChI=1S/C12H19N2O/c1-4-12(15)14-9-7-11(8-10-14)13(5-2)6-3/h7-10H,4-6H2,1-3H3/q+1. The molecule has 0 saturated heterocycles. The Morgan fingerprint density at radius 3 is 2.13 bits per heavy atom. The Morgan fingerprint density at radius 2 is 1.73 bits per heavy atom. The van der Waals surface area contributed by atoms with E-state index in [9.17, 15) is 4.79 Å². The van der Waals surface area contributed by atoms with Gasteiger partial charge in [-0.3, -0.25) is 0 Å². The average Bonchev–Trinajstić information content (AvgIpc) is 2.30. The predicted octanol–water partition coefficient (Wildman–Crippen LogP) is 1.87. The molecule has 0 bridgehead atoms. The molecule has 1 heterocycles. The quantitative estimate of drug-likeness (QED) is 0.704. The summed E-state index contributed by atoms with van der Waals surface area (Å²) in [5.74, 6) is 0.126. The monoisotopic (exact) mass is 207 g/mol. The van der Waals surface area contributed by atoms with E-state index >= 15 is 0 Å². The van der Waals surface area contributed by atoms with E-state index in [1.54, 1.807) is 4.57 Å². The van der Waals surface area contributed by atoms with Crippen LogP contribution >= 0.6 is 0 Å². The lowest BCUT2D eigenvalue weighted by Crippen LogP contribution is -2.41. The van der Waals surface area contributed by atoms with Gasteiger partial charge in [0.2, 0.25) is 0 Å². The SMILES string of the molecule is CCC(=O)[n+]1ccc(N(CC)CC)cc1. The van der Waals surface area contributed by atoms with Gasteiger partial charge in [-0.15, -0.1) is 4.57 Å². The topological polar surface area (TPSA) is 24.2 Å². The fourth-order valence-corrected chi connectivity index (χ4v) is 1.57. The van der Waals surface area contributed by atoms with E-state index in [0.29, 0.717) is 6.42 Å². The molecule has 0 fully saturated rings. The van der Waals surface area contributed by atoms with Crippen LogP contribution in [0.2, 0.25) is 0 Å². The van der Waals surface area contributed by atoms with Crippen LogP contribution in [-0.2, 0) is 0 Å². The van der Waals surface area contributed by atoms with Gasteiger partial charge in [-0.2, -0.15) is 0 Å². The summed E-state index contributed by atoms with van der Waals surface area (Å²) in [4.78, 5) is 13.6. The number of rotatable bonds is 4. The molecule has 0 N–H and O–H groups in total. The molecule has 0 amide bonds. The molecule has 82 valence electrons. The summed E-state index contributed by atoms with van der Waals surface area (Å²) in [6.45, 7) is 8.10. The fraction of sp³-hybridized carbons (Fsp3) is 0.500. The zero-order valence-electron chi connectivity index (χ0n) is 9.73. The molecule has 0 unspecified atom stereocenters. The molecule has 0 spiro atoms. The molecule has 15 heavy (non-hydrogen) atoms. The average molecular weight is 207 g/mol. The van der Waals surface area contributed by atoms with Crippen LogP contribution in [-0.4, -0.2) is 19.0 Å². The van der Waals surface area contributed by atoms with Gasteiger partial charge in [-0.25, -0.2) is 4.79 Å². The molecule has 0 atom stereocenters. The summed E-state index contributed by atoms with van der Waals surface area (Å²) in [6, 6.07) is 3.97. The third-order valence-electron chi connectivity index (χ3n) is 2.53. The molecule has 0 aliphatic heterocycles. The zero-order chi connectivity index (χ0) is 11.3. The highest BCUT2D eigenvalue weighted by atomic mass is 16.1. The first-order chi connectivity index (χ1) is 7.22. The lowest BCUT2D eigenvalue weighted by molar-refractivity contribution is -0.574. The summed E-state index contributed by atoms with van der Waals surface area (Å²) in [5.41, 5.74) is 1.17. The first-order valence-corrected chi connectivity index (χ1v) is 5.52. The van der Waals surface area contributed by atoms with Gasteiger partial charge in [-0.1, -0.05) is 6.92 Å². The van der Waals surface area contributed by atoms with Crippen LogP contribution in [0.15, 0.2) is 24.5 Å². The highest BCUT2D eigenvalue weighted by Crippen LogP contribution is 2.10. The van der Waals surface area contributed by atoms with Crippen molar-refractivity contribution >= 4 is 11.6 Å². The number of aromatic nitrogens is 1. The van der Waals surface area contributed by atoms with Crippen LogP contribution in [0, 0.1) is 0 Å². The van der Waals surface area contributed by atoms with Crippen molar-refractivity contribution in [1.82, 2.24) is 0 Å². The van der Waals surface area contributed by atoms with Crippen molar-refractivity contribution in [2.45, 2.75) is 27.2 Å². The molecule has 0 aromatic carbocycles. The van der Waals surface area contributed by atoms with Gasteiger partial charge in [0, 0.05) is 30.9 Å². The maximum Gasteiger partial charge on any atom is 0.391 e. The van der Waals surface area contributed by atoms with Crippen molar-refractivity contribution in [3.63, 3.8) is 0 Å². The van der Waals surface area contributed by atoms with Crippen LogP contribution in [0.1, 0.15) is 32.0 Å². The lowest BCUT2D eigenvalue weighted by atomic mass is 10.3. The second-order valence-electron chi connectivity index (χ2n) is 3.38. The normalized spacial score (nSPS) is 10.1. The third kappa shape index (κ3) is 2.78. The highest BCUT2D eigenvalue weighted by molar-refractivity contribution is 5.66. The molecule has 0 aliphatic rings.